The molecule has 0 aliphatic heterocycles. The molecule has 7 heteroatoms. The molecule has 1 aromatic rings. The summed E-state index contributed by atoms with van der Waals surface area (Å²) in [5.74, 6) is 0.0124. The van der Waals surface area contributed by atoms with E-state index < -0.39 is 10.0 Å². The zero-order chi connectivity index (χ0) is 13.6. The van der Waals surface area contributed by atoms with E-state index in [0.717, 1.165) is 5.69 Å². The van der Waals surface area contributed by atoms with Gasteiger partial charge in [-0.3, -0.25) is 0 Å². The summed E-state index contributed by atoms with van der Waals surface area (Å²) in [7, 11) is -3.20. The highest BCUT2D eigenvalue weighted by atomic mass is 79.9. The maximum atomic E-state index is 11.4. The maximum absolute atomic E-state index is 11.4. The number of anilines is 1. The Balaban J connectivity index is 2.55. The van der Waals surface area contributed by atoms with Crippen LogP contribution in [0.25, 0.3) is 0 Å². The van der Waals surface area contributed by atoms with Gasteiger partial charge >= 0.3 is 0 Å². The molecule has 0 saturated carbocycles. The van der Waals surface area contributed by atoms with E-state index in [4.69, 9.17) is 5.26 Å². The summed E-state index contributed by atoms with van der Waals surface area (Å²) in [6.07, 6.45) is 0. The average molecular weight is 332 g/mol. The van der Waals surface area contributed by atoms with Gasteiger partial charge in [-0.1, -0.05) is 6.92 Å². The molecule has 0 spiro atoms. The summed E-state index contributed by atoms with van der Waals surface area (Å²) in [5, 5.41) is 11.8. The third-order valence-corrected chi connectivity index (χ3v) is 4.28. The number of nitriles is 1. The highest BCUT2D eigenvalue weighted by molar-refractivity contribution is 9.10. The molecular formula is C11H14BrN3O2S. The Kier molecular flexibility index (Phi) is 5.59. The molecule has 1 aromatic carbocycles. The van der Waals surface area contributed by atoms with Crippen molar-refractivity contribution < 1.29 is 8.42 Å². The molecule has 0 radical (unpaired) electrons. The van der Waals surface area contributed by atoms with E-state index in [2.05, 4.69) is 26.0 Å². The van der Waals surface area contributed by atoms with Gasteiger partial charge in [0.1, 0.15) is 6.07 Å². The Bertz CT molecular complexity index is 552. The highest BCUT2D eigenvalue weighted by Gasteiger charge is 2.07. The summed E-state index contributed by atoms with van der Waals surface area (Å²) < 4.78 is 25.9. The second kappa shape index (κ2) is 6.73. The van der Waals surface area contributed by atoms with Gasteiger partial charge in [-0.05, 0) is 34.1 Å². The molecule has 98 valence electrons. The number of nitrogens with zero attached hydrogens (tertiary/aromatic N) is 1. The number of halogens is 1. The van der Waals surface area contributed by atoms with Crippen molar-refractivity contribution in [1.82, 2.24) is 4.72 Å². The van der Waals surface area contributed by atoms with Gasteiger partial charge in [0.05, 0.1) is 11.3 Å². The van der Waals surface area contributed by atoms with Crippen LogP contribution in [0.2, 0.25) is 0 Å². The average Bonchev–Trinajstić information content (AvgIpc) is 2.29. The van der Waals surface area contributed by atoms with Crippen LogP contribution in [0.15, 0.2) is 22.7 Å². The normalized spacial score (nSPS) is 10.9. The van der Waals surface area contributed by atoms with E-state index in [9.17, 15) is 8.42 Å². The van der Waals surface area contributed by atoms with Crippen LogP contribution in [0.4, 0.5) is 5.69 Å². The topological polar surface area (TPSA) is 82.0 Å². The van der Waals surface area contributed by atoms with Crippen LogP contribution in [-0.4, -0.2) is 27.3 Å². The molecule has 0 atom stereocenters. The zero-order valence-corrected chi connectivity index (χ0v) is 12.3. The molecule has 0 saturated heterocycles. The second-order valence-corrected chi connectivity index (χ2v) is 6.33. The van der Waals surface area contributed by atoms with Crippen molar-refractivity contribution >= 4 is 31.6 Å². The van der Waals surface area contributed by atoms with Gasteiger partial charge in [-0.2, -0.15) is 5.26 Å². The molecular weight excluding hydrogens is 318 g/mol. The van der Waals surface area contributed by atoms with Gasteiger partial charge in [-0.15, -0.1) is 0 Å². The Hall–Kier alpha value is -1.10. The van der Waals surface area contributed by atoms with Gasteiger partial charge in [0.15, 0.2) is 0 Å². The fourth-order valence-corrected chi connectivity index (χ4v) is 2.76. The van der Waals surface area contributed by atoms with Crippen molar-refractivity contribution in [2.45, 2.75) is 6.92 Å². The largest absolute Gasteiger partial charge is 0.384 e. The molecule has 0 aliphatic carbocycles. The van der Waals surface area contributed by atoms with Gasteiger partial charge < -0.3 is 5.32 Å². The summed E-state index contributed by atoms with van der Waals surface area (Å²) in [6, 6.07) is 7.20. The molecule has 0 aliphatic rings. The summed E-state index contributed by atoms with van der Waals surface area (Å²) in [6.45, 7) is 2.45. The predicted molar refractivity (Wildman–Crippen MR) is 74.8 cm³/mol. The molecule has 0 bridgehead atoms. The molecule has 0 amide bonds. The first-order valence-corrected chi connectivity index (χ1v) is 7.84. The van der Waals surface area contributed by atoms with Crippen molar-refractivity contribution in [1.29, 1.82) is 5.26 Å². The second-order valence-electron chi connectivity index (χ2n) is 3.55. The fourth-order valence-electron chi connectivity index (χ4n) is 1.34. The van der Waals surface area contributed by atoms with Crippen LogP contribution < -0.4 is 10.0 Å². The van der Waals surface area contributed by atoms with E-state index in [-0.39, 0.29) is 5.75 Å². The Labute approximate surface area is 115 Å². The van der Waals surface area contributed by atoms with Crippen molar-refractivity contribution in [3.63, 3.8) is 0 Å². The van der Waals surface area contributed by atoms with Crippen molar-refractivity contribution in [3.05, 3.63) is 28.2 Å². The smallest absolute Gasteiger partial charge is 0.213 e. The van der Waals surface area contributed by atoms with Crippen LogP contribution >= 0.6 is 15.9 Å². The number of hydrogen-bond donors (Lipinski definition) is 2. The summed E-state index contributed by atoms with van der Waals surface area (Å²) >= 11 is 3.27. The van der Waals surface area contributed by atoms with Crippen LogP contribution in [0, 0.1) is 11.3 Å². The predicted octanol–water partition coefficient (Wildman–Crippen LogP) is 1.67. The number of hydrogen-bond acceptors (Lipinski definition) is 4. The lowest BCUT2D eigenvalue weighted by molar-refractivity contribution is 0.584. The third kappa shape index (κ3) is 4.64. The van der Waals surface area contributed by atoms with E-state index in [1.807, 2.05) is 6.07 Å². The molecule has 18 heavy (non-hydrogen) atoms. The molecule has 0 heterocycles. The van der Waals surface area contributed by atoms with E-state index in [1.54, 1.807) is 25.1 Å². The summed E-state index contributed by atoms with van der Waals surface area (Å²) in [5.41, 5.74) is 1.31. The lowest BCUT2D eigenvalue weighted by Gasteiger charge is -2.08. The van der Waals surface area contributed by atoms with Crippen molar-refractivity contribution in [2.24, 2.45) is 0 Å². The lowest BCUT2D eigenvalue weighted by atomic mass is 10.2. The van der Waals surface area contributed by atoms with E-state index in [0.29, 0.717) is 23.1 Å². The van der Waals surface area contributed by atoms with Gasteiger partial charge in [-0.25, -0.2) is 13.1 Å². The lowest BCUT2D eigenvalue weighted by Crippen LogP contribution is -2.29. The van der Waals surface area contributed by atoms with Gasteiger partial charge in [0, 0.05) is 23.2 Å². The van der Waals surface area contributed by atoms with Crippen LogP contribution in [-0.2, 0) is 10.0 Å². The Morgan fingerprint density at radius 1 is 1.44 bits per heavy atom. The Morgan fingerprint density at radius 3 is 2.72 bits per heavy atom. The van der Waals surface area contributed by atoms with Gasteiger partial charge in [0.25, 0.3) is 0 Å². The van der Waals surface area contributed by atoms with E-state index in [1.165, 1.54) is 0 Å². The quantitative estimate of drug-likeness (QED) is 0.830. The van der Waals surface area contributed by atoms with Gasteiger partial charge in [0.2, 0.25) is 10.0 Å². The minimum Gasteiger partial charge on any atom is -0.384 e. The fraction of sp³-hybridized carbons (Fsp3) is 0.364. The number of benzene rings is 1. The highest BCUT2D eigenvalue weighted by Crippen LogP contribution is 2.20. The summed E-state index contributed by atoms with van der Waals surface area (Å²) in [4.78, 5) is 0. The monoisotopic (exact) mass is 331 g/mol. The molecule has 5 nitrogen and oxygen atoms in total. The minimum atomic E-state index is -3.20. The maximum Gasteiger partial charge on any atom is 0.213 e. The van der Waals surface area contributed by atoms with Crippen molar-refractivity contribution in [3.8, 4) is 6.07 Å². The number of sulfonamides is 1. The SMILES string of the molecule is CCNS(=O)(=O)CCNc1ccc(C#N)c(Br)c1. The van der Waals surface area contributed by atoms with E-state index >= 15 is 0 Å². The number of nitrogens with one attached hydrogen (secondary N) is 2. The molecule has 0 unspecified atom stereocenters. The Morgan fingerprint density at radius 2 is 2.17 bits per heavy atom. The first kappa shape index (κ1) is 15.0. The molecule has 1 rings (SSSR count). The number of rotatable bonds is 6. The van der Waals surface area contributed by atoms with Crippen molar-refractivity contribution in [2.75, 3.05) is 24.2 Å². The molecule has 0 aromatic heterocycles. The standard InChI is InChI=1S/C11H14BrN3O2S/c1-2-15-18(16,17)6-5-14-10-4-3-9(8-13)11(12)7-10/h3-4,7,14-15H,2,5-6H2,1H3. The zero-order valence-electron chi connectivity index (χ0n) is 9.90. The molecule has 2 N–H and O–H groups in total. The minimum absolute atomic E-state index is 0.0124. The first-order chi connectivity index (χ1) is 8.48. The van der Waals surface area contributed by atoms with Crippen LogP contribution in [0.5, 0.6) is 0 Å². The third-order valence-electron chi connectivity index (χ3n) is 2.15. The van der Waals surface area contributed by atoms with Crippen LogP contribution in [0.1, 0.15) is 12.5 Å². The van der Waals surface area contributed by atoms with Crippen LogP contribution in [0.3, 0.4) is 0 Å². The molecule has 0 fully saturated rings. The first-order valence-electron chi connectivity index (χ1n) is 5.39.